The molecule has 5 nitrogen and oxygen atoms in total. The maximum Gasteiger partial charge on any atom is 0.153 e. The van der Waals surface area contributed by atoms with Gasteiger partial charge in [0.2, 0.25) is 0 Å². The van der Waals surface area contributed by atoms with Gasteiger partial charge in [0, 0.05) is 12.1 Å². The van der Waals surface area contributed by atoms with Gasteiger partial charge in [-0.05, 0) is 49.7 Å². The molecule has 0 bridgehead atoms. The number of imidazole rings is 1. The van der Waals surface area contributed by atoms with E-state index >= 15 is 0 Å². The third-order valence-corrected chi connectivity index (χ3v) is 5.60. The third kappa shape index (κ3) is 3.22. The molecule has 0 unspecified atom stereocenters. The highest BCUT2D eigenvalue weighted by atomic mass is 35.5. The van der Waals surface area contributed by atoms with Crippen molar-refractivity contribution >= 4 is 45.2 Å². The Morgan fingerprint density at radius 1 is 1.22 bits per heavy atom. The SMILES string of the molecule is Cc1cn2nc(-c3cc(F)c4nc(C5=CCNCC5)sc4c3)ccc2n1.Cl. The molecule has 4 aromatic rings. The molecule has 1 aliphatic rings. The van der Waals surface area contributed by atoms with Crippen molar-refractivity contribution < 1.29 is 4.39 Å². The number of benzene rings is 1. The monoisotopic (exact) mass is 401 g/mol. The number of nitrogens with zero attached hydrogens (tertiary/aromatic N) is 4. The highest BCUT2D eigenvalue weighted by Crippen LogP contribution is 2.33. The van der Waals surface area contributed by atoms with Crippen LogP contribution in [-0.2, 0) is 0 Å². The Hall–Kier alpha value is -2.35. The summed E-state index contributed by atoms with van der Waals surface area (Å²) in [5.74, 6) is -0.307. The number of halogens is 2. The molecular formula is C19H17ClFN5S. The molecule has 0 atom stereocenters. The van der Waals surface area contributed by atoms with Gasteiger partial charge in [-0.2, -0.15) is 5.10 Å². The number of aromatic nitrogens is 4. The minimum absolute atomic E-state index is 0. The number of hydrogen-bond acceptors (Lipinski definition) is 5. The molecule has 1 aliphatic heterocycles. The molecule has 27 heavy (non-hydrogen) atoms. The van der Waals surface area contributed by atoms with Crippen LogP contribution < -0.4 is 5.32 Å². The predicted molar refractivity (Wildman–Crippen MR) is 109 cm³/mol. The van der Waals surface area contributed by atoms with E-state index in [0.29, 0.717) is 11.2 Å². The first-order valence-corrected chi connectivity index (χ1v) is 9.33. The molecule has 0 amide bonds. The lowest BCUT2D eigenvalue weighted by molar-refractivity contribution is 0.637. The lowest BCUT2D eigenvalue weighted by Gasteiger charge is -2.10. The van der Waals surface area contributed by atoms with Crippen molar-refractivity contribution in [1.29, 1.82) is 0 Å². The largest absolute Gasteiger partial charge is 0.313 e. The molecule has 5 rings (SSSR count). The van der Waals surface area contributed by atoms with Crippen LogP contribution in [-0.4, -0.2) is 32.7 Å². The molecular weight excluding hydrogens is 385 g/mol. The van der Waals surface area contributed by atoms with Crippen LogP contribution in [0.5, 0.6) is 0 Å². The first-order chi connectivity index (χ1) is 12.7. The summed E-state index contributed by atoms with van der Waals surface area (Å²) in [7, 11) is 0. The molecule has 4 heterocycles. The fraction of sp³-hybridized carbons (Fsp3) is 0.211. The van der Waals surface area contributed by atoms with Crippen LogP contribution in [0, 0.1) is 12.7 Å². The molecule has 0 fully saturated rings. The van der Waals surface area contributed by atoms with Crippen LogP contribution >= 0.6 is 23.7 Å². The van der Waals surface area contributed by atoms with Gasteiger partial charge in [0.25, 0.3) is 0 Å². The smallest absolute Gasteiger partial charge is 0.153 e. The zero-order valence-corrected chi connectivity index (χ0v) is 16.2. The van der Waals surface area contributed by atoms with Gasteiger partial charge < -0.3 is 5.32 Å². The molecule has 3 aromatic heterocycles. The fourth-order valence-electron chi connectivity index (χ4n) is 3.25. The molecule has 0 saturated carbocycles. The van der Waals surface area contributed by atoms with E-state index in [1.165, 1.54) is 11.6 Å². The van der Waals surface area contributed by atoms with E-state index in [0.717, 1.165) is 46.1 Å². The zero-order valence-electron chi connectivity index (χ0n) is 14.6. The van der Waals surface area contributed by atoms with E-state index in [1.54, 1.807) is 15.9 Å². The maximum absolute atomic E-state index is 14.7. The van der Waals surface area contributed by atoms with Crippen molar-refractivity contribution in [1.82, 2.24) is 24.9 Å². The van der Waals surface area contributed by atoms with Crippen molar-refractivity contribution in [2.45, 2.75) is 13.3 Å². The molecule has 1 aromatic carbocycles. The van der Waals surface area contributed by atoms with Crippen LogP contribution in [0.1, 0.15) is 17.1 Å². The van der Waals surface area contributed by atoms with E-state index in [2.05, 4.69) is 26.5 Å². The molecule has 8 heteroatoms. The molecule has 0 aliphatic carbocycles. The molecule has 0 spiro atoms. The average molecular weight is 402 g/mol. The predicted octanol–water partition coefficient (Wildman–Crippen LogP) is 4.25. The second kappa shape index (κ2) is 6.99. The van der Waals surface area contributed by atoms with Gasteiger partial charge in [0.1, 0.15) is 10.5 Å². The van der Waals surface area contributed by atoms with Gasteiger partial charge >= 0.3 is 0 Å². The summed E-state index contributed by atoms with van der Waals surface area (Å²) in [6.07, 6.45) is 4.92. The number of nitrogens with one attached hydrogen (secondary N) is 1. The van der Waals surface area contributed by atoms with E-state index in [-0.39, 0.29) is 18.2 Å². The summed E-state index contributed by atoms with van der Waals surface area (Å²) in [6, 6.07) is 7.26. The van der Waals surface area contributed by atoms with Crippen LogP contribution in [0.25, 0.3) is 32.7 Å². The van der Waals surface area contributed by atoms with Gasteiger partial charge in [-0.3, -0.25) is 0 Å². The van der Waals surface area contributed by atoms with Gasteiger partial charge in [-0.25, -0.2) is 18.9 Å². The van der Waals surface area contributed by atoms with Gasteiger partial charge in [-0.1, -0.05) is 6.08 Å². The lowest BCUT2D eigenvalue weighted by Crippen LogP contribution is -2.19. The number of fused-ring (bicyclic) bond motifs is 2. The van der Waals surface area contributed by atoms with Crippen molar-refractivity contribution in [2.24, 2.45) is 0 Å². The maximum atomic E-state index is 14.7. The Morgan fingerprint density at radius 3 is 2.93 bits per heavy atom. The summed E-state index contributed by atoms with van der Waals surface area (Å²) in [5, 5.41) is 8.76. The normalized spacial score (nSPS) is 14.4. The second-order valence-corrected chi connectivity index (χ2v) is 7.44. The van der Waals surface area contributed by atoms with Crippen molar-refractivity contribution in [2.75, 3.05) is 13.1 Å². The van der Waals surface area contributed by atoms with E-state index in [9.17, 15) is 4.39 Å². The Bertz CT molecular complexity index is 1180. The minimum Gasteiger partial charge on any atom is -0.313 e. The topological polar surface area (TPSA) is 55.1 Å². The minimum atomic E-state index is -0.307. The van der Waals surface area contributed by atoms with Crippen LogP contribution in [0.2, 0.25) is 0 Å². The molecule has 0 radical (unpaired) electrons. The van der Waals surface area contributed by atoms with E-state index in [1.807, 2.05) is 31.3 Å². The summed E-state index contributed by atoms with van der Waals surface area (Å²) < 4.78 is 17.3. The second-order valence-electron chi connectivity index (χ2n) is 6.41. The standard InChI is InChI=1S/C19H16FN5S.ClH/c1-11-10-25-17(22-11)3-2-15(24-25)13-8-14(20)18-16(9-13)26-19(23-18)12-4-6-21-7-5-12;/h2-4,8-10,21H,5-7H2,1H3;1H. The number of aryl methyl sites for hydroxylation is 1. The molecule has 1 N–H and O–H groups in total. The van der Waals surface area contributed by atoms with E-state index < -0.39 is 0 Å². The van der Waals surface area contributed by atoms with Gasteiger partial charge in [0.15, 0.2) is 11.5 Å². The molecule has 0 saturated heterocycles. The first-order valence-electron chi connectivity index (χ1n) is 8.51. The Balaban J connectivity index is 0.00000180. The quantitative estimate of drug-likeness (QED) is 0.545. The Kier molecular flexibility index (Phi) is 4.67. The Labute approximate surface area is 165 Å². The van der Waals surface area contributed by atoms with Crippen LogP contribution in [0.15, 0.2) is 36.5 Å². The first kappa shape index (κ1) is 18.0. The highest BCUT2D eigenvalue weighted by molar-refractivity contribution is 7.19. The van der Waals surface area contributed by atoms with Crippen molar-refractivity contribution in [3.05, 3.63) is 53.1 Å². The van der Waals surface area contributed by atoms with Crippen molar-refractivity contribution in [3.8, 4) is 11.3 Å². The fourth-order valence-corrected chi connectivity index (χ4v) is 4.33. The summed E-state index contributed by atoms with van der Waals surface area (Å²) in [5.41, 5.74) is 4.78. The van der Waals surface area contributed by atoms with Crippen LogP contribution in [0.3, 0.4) is 0 Å². The molecule has 138 valence electrons. The van der Waals surface area contributed by atoms with E-state index in [4.69, 9.17) is 0 Å². The average Bonchev–Trinajstić information content (AvgIpc) is 3.24. The van der Waals surface area contributed by atoms with Gasteiger partial charge in [-0.15, -0.1) is 23.7 Å². The number of rotatable bonds is 2. The third-order valence-electron chi connectivity index (χ3n) is 4.52. The Morgan fingerprint density at radius 2 is 2.11 bits per heavy atom. The lowest BCUT2D eigenvalue weighted by atomic mass is 10.1. The highest BCUT2D eigenvalue weighted by Gasteiger charge is 2.16. The van der Waals surface area contributed by atoms with Crippen LogP contribution in [0.4, 0.5) is 4.39 Å². The summed E-state index contributed by atoms with van der Waals surface area (Å²) >= 11 is 1.54. The number of thiazole rings is 1. The summed E-state index contributed by atoms with van der Waals surface area (Å²) in [6.45, 7) is 3.70. The van der Waals surface area contributed by atoms with Gasteiger partial charge in [0.05, 0.1) is 22.3 Å². The number of hydrogen-bond donors (Lipinski definition) is 1. The summed E-state index contributed by atoms with van der Waals surface area (Å²) in [4.78, 5) is 8.91. The zero-order chi connectivity index (χ0) is 17.7. The van der Waals surface area contributed by atoms with Crippen molar-refractivity contribution in [3.63, 3.8) is 0 Å².